The van der Waals surface area contributed by atoms with Gasteiger partial charge in [-0.3, -0.25) is 0 Å². The second kappa shape index (κ2) is 6.35. The van der Waals surface area contributed by atoms with Crippen molar-refractivity contribution in [2.45, 2.75) is 24.3 Å². The Balaban J connectivity index is 3.33. The summed E-state index contributed by atoms with van der Waals surface area (Å²) in [4.78, 5) is 10.1. The summed E-state index contributed by atoms with van der Waals surface area (Å²) < 4.78 is 40.4. The number of carbonyl (C=O) groups is 1. The molecule has 0 fully saturated rings. The van der Waals surface area contributed by atoms with Crippen LogP contribution in [0.1, 0.15) is 23.7 Å². The van der Waals surface area contributed by atoms with Gasteiger partial charge in [0.15, 0.2) is 5.82 Å². The van der Waals surface area contributed by atoms with E-state index in [1.165, 1.54) is 6.92 Å². The van der Waals surface area contributed by atoms with Crippen LogP contribution in [0, 0.1) is 18.2 Å². The number of sulfonamides is 1. The van der Waals surface area contributed by atoms with Gasteiger partial charge >= 0.3 is 5.97 Å². The highest BCUT2D eigenvalue weighted by Crippen LogP contribution is 2.24. The van der Waals surface area contributed by atoms with Crippen molar-refractivity contribution < 1.29 is 22.7 Å². The minimum atomic E-state index is -4.20. The molecule has 0 bridgehead atoms. The molecule has 0 amide bonds. The van der Waals surface area contributed by atoms with Crippen LogP contribution >= 0.6 is 15.9 Å². The molecule has 0 saturated heterocycles. The second-order valence-corrected chi connectivity index (χ2v) is 6.60. The lowest BCUT2D eigenvalue weighted by molar-refractivity contribution is 0.0691. The zero-order valence-electron chi connectivity index (χ0n) is 10.4. The van der Waals surface area contributed by atoms with E-state index in [0.717, 1.165) is 12.1 Å². The van der Waals surface area contributed by atoms with E-state index in [9.17, 15) is 17.6 Å². The topological polar surface area (TPSA) is 83.5 Å². The number of halogens is 2. The zero-order valence-corrected chi connectivity index (χ0v) is 12.8. The zero-order chi connectivity index (χ0) is 15.5. The number of nitrogens with one attached hydrogen (secondary N) is 1. The normalized spacial score (nSPS) is 12.7. The lowest BCUT2D eigenvalue weighted by Gasteiger charge is -2.13. The van der Waals surface area contributed by atoms with E-state index in [-0.39, 0.29) is 10.9 Å². The molecule has 8 heteroatoms. The highest BCUT2D eigenvalue weighted by Gasteiger charge is 2.26. The van der Waals surface area contributed by atoms with E-state index in [0.29, 0.717) is 0 Å². The summed E-state index contributed by atoms with van der Waals surface area (Å²) in [7, 11) is -4.20. The number of terminal acetylenes is 1. The van der Waals surface area contributed by atoms with Gasteiger partial charge in [0, 0.05) is 16.9 Å². The first kappa shape index (κ1) is 16.6. The van der Waals surface area contributed by atoms with E-state index in [1.807, 2.05) is 0 Å². The molecule has 0 aliphatic rings. The minimum Gasteiger partial charge on any atom is -0.478 e. The van der Waals surface area contributed by atoms with Crippen molar-refractivity contribution in [1.29, 1.82) is 0 Å². The van der Waals surface area contributed by atoms with Crippen molar-refractivity contribution in [3.63, 3.8) is 0 Å². The van der Waals surface area contributed by atoms with Gasteiger partial charge in [0.05, 0.1) is 5.56 Å². The standard InChI is InChI=1S/C12H11BrFNO4S/c1-3-4-7(2)15-20(18,19)10-6-8(13)5-9(11(10)14)12(16)17/h1,5-7,15H,4H2,2H3,(H,16,17). The summed E-state index contributed by atoms with van der Waals surface area (Å²) in [6.07, 6.45) is 5.19. The van der Waals surface area contributed by atoms with Gasteiger partial charge in [0.2, 0.25) is 10.0 Å². The summed E-state index contributed by atoms with van der Waals surface area (Å²) in [6.45, 7) is 1.52. The summed E-state index contributed by atoms with van der Waals surface area (Å²) in [6, 6.07) is 1.38. The number of hydrogen-bond donors (Lipinski definition) is 2. The lowest BCUT2D eigenvalue weighted by atomic mass is 10.2. The van der Waals surface area contributed by atoms with Gasteiger partial charge in [-0.1, -0.05) is 15.9 Å². The smallest absolute Gasteiger partial charge is 0.338 e. The fourth-order valence-corrected chi connectivity index (χ4v) is 3.44. The maximum Gasteiger partial charge on any atom is 0.338 e. The monoisotopic (exact) mass is 363 g/mol. The summed E-state index contributed by atoms with van der Waals surface area (Å²) >= 11 is 2.95. The van der Waals surface area contributed by atoms with Crippen molar-refractivity contribution in [2.75, 3.05) is 0 Å². The molecule has 1 rings (SSSR count). The molecule has 5 nitrogen and oxygen atoms in total. The van der Waals surface area contributed by atoms with Gasteiger partial charge in [-0.05, 0) is 19.1 Å². The predicted molar refractivity (Wildman–Crippen MR) is 74.3 cm³/mol. The Morgan fingerprint density at radius 1 is 1.60 bits per heavy atom. The Labute approximate surface area is 124 Å². The maximum atomic E-state index is 14.0. The van der Waals surface area contributed by atoms with E-state index >= 15 is 0 Å². The summed E-state index contributed by atoms with van der Waals surface area (Å²) in [5.41, 5.74) is -0.732. The third-order valence-corrected chi connectivity index (χ3v) is 4.35. The average molecular weight is 364 g/mol. The minimum absolute atomic E-state index is 0.126. The van der Waals surface area contributed by atoms with Gasteiger partial charge in [-0.15, -0.1) is 12.3 Å². The van der Waals surface area contributed by atoms with Crippen molar-refractivity contribution in [3.05, 3.63) is 28.0 Å². The number of rotatable bonds is 5. The summed E-state index contributed by atoms with van der Waals surface area (Å²) in [5, 5.41) is 8.84. The number of carboxylic acids is 1. The van der Waals surface area contributed by atoms with Crippen LogP contribution < -0.4 is 4.72 Å². The molecule has 0 saturated carbocycles. The van der Waals surface area contributed by atoms with Crippen molar-refractivity contribution in [2.24, 2.45) is 0 Å². The molecule has 1 aromatic rings. The molecule has 0 aliphatic heterocycles. The molecule has 0 aliphatic carbocycles. The molecule has 0 aromatic heterocycles. The SMILES string of the molecule is C#CCC(C)NS(=O)(=O)c1cc(Br)cc(C(=O)O)c1F. The van der Waals surface area contributed by atoms with Crippen LogP contribution in [0.25, 0.3) is 0 Å². The van der Waals surface area contributed by atoms with Crippen molar-refractivity contribution in [3.8, 4) is 12.3 Å². The van der Waals surface area contributed by atoms with Crippen LogP contribution in [-0.4, -0.2) is 25.5 Å². The quantitative estimate of drug-likeness (QED) is 0.783. The Kier molecular flexibility index (Phi) is 5.28. The molecule has 1 unspecified atom stereocenters. The Hall–Kier alpha value is -1.43. The van der Waals surface area contributed by atoms with E-state index in [1.54, 1.807) is 0 Å². The van der Waals surface area contributed by atoms with Gasteiger partial charge in [-0.25, -0.2) is 22.3 Å². The van der Waals surface area contributed by atoms with Crippen LogP contribution in [0.2, 0.25) is 0 Å². The first-order valence-corrected chi connectivity index (χ1v) is 7.64. The molecule has 108 valence electrons. The average Bonchev–Trinajstić information content (AvgIpc) is 2.30. The molecule has 0 radical (unpaired) electrons. The molecular weight excluding hydrogens is 353 g/mol. The summed E-state index contributed by atoms with van der Waals surface area (Å²) in [5.74, 6) is -0.604. The number of hydrogen-bond acceptors (Lipinski definition) is 3. The second-order valence-electron chi connectivity index (χ2n) is 4.00. The maximum absolute atomic E-state index is 14.0. The molecule has 0 heterocycles. The molecule has 1 aromatic carbocycles. The fourth-order valence-electron chi connectivity index (χ4n) is 1.46. The van der Waals surface area contributed by atoms with Crippen molar-refractivity contribution in [1.82, 2.24) is 4.72 Å². The lowest BCUT2D eigenvalue weighted by Crippen LogP contribution is -2.33. The van der Waals surface area contributed by atoms with Crippen LogP contribution in [0.5, 0.6) is 0 Å². The third kappa shape index (κ3) is 3.79. The number of aromatic carboxylic acids is 1. The molecular formula is C12H11BrFNO4S. The van der Waals surface area contributed by atoms with E-state index in [4.69, 9.17) is 11.5 Å². The van der Waals surface area contributed by atoms with Crippen LogP contribution in [0.4, 0.5) is 4.39 Å². The highest BCUT2D eigenvalue weighted by molar-refractivity contribution is 9.10. The van der Waals surface area contributed by atoms with E-state index in [2.05, 4.69) is 26.6 Å². The Morgan fingerprint density at radius 2 is 2.20 bits per heavy atom. The molecule has 0 spiro atoms. The first-order chi connectivity index (χ1) is 9.19. The predicted octanol–water partition coefficient (Wildman–Crippen LogP) is 1.98. The Bertz CT molecular complexity index is 681. The van der Waals surface area contributed by atoms with Gasteiger partial charge < -0.3 is 5.11 Å². The molecule has 1 atom stereocenters. The Morgan fingerprint density at radius 3 is 2.70 bits per heavy atom. The third-order valence-electron chi connectivity index (χ3n) is 2.30. The van der Waals surface area contributed by atoms with Gasteiger partial charge in [-0.2, -0.15) is 0 Å². The van der Waals surface area contributed by atoms with Gasteiger partial charge in [0.1, 0.15) is 4.90 Å². The largest absolute Gasteiger partial charge is 0.478 e. The highest BCUT2D eigenvalue weighted by atomic mass is 79.9. The van der Waals surface area contributed by atoms with Crippen LogP contribution in [0.15, 0.2) is 21.5 Å². The van der Waals surface area contributed by atoms with Crippen molar-refractivity contribution >= 4 is 31.9 Å². The first-order valence-electron chi connectivity index (χ1n) is 5.37. The molecule has 2 N–H and O–H groups in total. The van der Waals surface area contributed by atoms with Crippen LogP contribution in [-0.2, 0) is 10.0 Å². The molecule has 20 heavy (non-hydrogen) atoms. The number of benzene rings is 1. The van der Waals surface area contributed by atoms with E-state index < -0.39 is 38.3 Å². The fraction of sp³-hybridized carbons (Fsp3) is 0.250. The van der Waals surface area contributed by atoms with Crippen LogP contribution in [0.3, 0.4) is 0 Å². The number of carboxylic acid groups (broad SMARTS) is 1. The van der Waals surface area contributed by atoms with Gasteiger partial charge in [0.25, 0.3) is 0 Å².